The maximum Gasteiger partial charge on any atom is 0.407 e. The molecule has 22 heavy (non-hydrogen) atoms. The van der Waals surface area contributed by atoms with Crippen molar-refractivity contribution < 1.29 is 19.1 Å². The number of nitrogens with one attached hydrogen (secondary N) is 3. The third-order valence-corrected chi connectivity index (χ3v) is 3.41. The van der Waals surface area contributed by atoms with E-state index in [9.17, 15) is 14.4 Å². The summed E-state index contributed by atoms with van der Waals surface area (Å²) >= 11 is 0. The molecule has 0 spiro atoms. The highest BCUT2D eigenvalue weighted by Crippen LogP contribution is 2.10. The first-order chi connectivity index (χ1) is 10.7. The molecule has 1 rings (SSSR count). The molecule has 0 aliphatic carbocycles. The van der Waals surface area contributed by atoms with Gasteiger partial charge in [-0.2, -0.15) is 5.26 Å². The lowest BCUT2D eigenvalue weighted by atomic mass is 10.0. The molecule has 1 aliphatic rings. The van der Waals surface area contributed by atoms with Gasteiger partial charge in [-0.3, -0.25) is 9.59 Å². The molecule has 0 radical (unpaired) electrons. The van der Waals surface area contributed by atoms with Crippen molar-refractivity contribution in [3.8, 4) is 6.07 Å². The summed E-state index contributed by atoms with van der Waals surface area (Å²) in [5, 5.41) is 16.7. The van der Waals surface area contributed by atoms with Crippen LogP contribution in [0.3, 0.4) is 0 Å². The summed E-state index contributed by atoms with van der Waals surface area (Å²) < 4.78 is 4.93. The minimum absolute atomic E-state index is 0.0338. The molecule has 0 aromatic heterocycles. The maximum absolute atomic E-state index is 11.6. The van der Waals surface area contributed by atoms with E-state index in [0.29, 0.717) is 25.7 Å². The minimum atomic E-state index is -0.652. The van der Waals surface area contributed by atoms with Gasteiger partial charge in [0.15, 0.2) is 0 Å². The Morgan fingerprint density at radius 1 is 1.23 bits per heavy atom. The Morgan fingerprint density at radius 3 is 2.73 bits per heavy atom. The zero-order chi connectivity index (χ0) is 16.2. The first-order valence-corrected chi connectivity index (χ1v) is 7.45. The van der Waals surface area contributed by atoms with Gasteiger partial charge in [0.05, 0.1) is 12.7 Å². The molecular weight excluding hydrogens is 288 g/mol. The SMILES string of the molecule is N#CC1CCCC(NC=O)CCCCOC(=O)NCC(=O)N1. The number of nitriles is 1. The molecule has 2 atom stereocenters. The van der Waals surface area contributed by atoms with Crippen LogP contribution in [0.4, 0.5) is 4.79 Å². The maximum atomic E-state index is 11.6. The lowest BCUT2D eigenvalue weighted by Gasteiger charge is -2.17. The second kappa shape index (κ2) is 10.4. The lowest BCUT2D eigenvalue weighted by molar-refractivity contribution is -0.120. The van der Waals surface area contributed by atoms with Crippen molar-refractivity contribution in [2.45, 2.75) is 50.6 Å². The predicted molar refractivity (Wildman–Crippen MR) is 77.6 cm³/mol. The number of nitrogens with zero attached hydrogens (tertiary/aromatic N) is 1. The van der Waals surface area contributed by atoms with Crippen molar-refractivity contribution in [2.24, 2.45) is 0 Å². The van der Waals surface area contributed by atoms with Gasteiger partial charge in [0, 0.05) is 6.04 Å². The summed E-state index contributed by atoms with van der Waals surface area (Å²) in [5.74, 6) is -0.430. The van der Waals surface area contributed by atoms with Gasteiger partial charge < -0.3 is 20.7 Å². The number of amides is 3. The summed E-state index contributed by atoms with van der Waals surface area (Å²) in [6.45, 7) is 0.0500. The topological polar surface area (TPSA) is 120 Å². The Balaban J connectivity index is 2.58. The zero-order valence-corrected chi connectivity index (χ0v) is 12.5. The fraction of sp³-hybridized carbons (Fsp3) is 0.714. The van der Waals surface area contributed by atoms with Gasteiger partial charge >= 0.3 is 6.09 Å². The number of rotatable bonds is 2. The first-order valence-electron chi connectivity index (χ1n) is 7.45. The van der Waals surface area contributed by atoms with Crippen LogP contribution in [0, 0.1) is 11.3 Å². The second-order valence-electron chi connectivity index (χ2n) is 5.15. The lowest BCUT2D eigenvalue weighted by Crippen LogP contribution is -2.41. The quantitative estimate of drug-likeness (QED) is 0.629. The van der Waals surface area contributed by atoms with Gasteiger partial charge in [0.1, 0.15) is 12.6 Å². The summed E-state index contributed by atoms with van der Waals surface area (Å²) in [4.78, 5) is 33.6. The van der Waals surface area contributed by atoms with Crippen molar-refractivity contribution in [2.75, 3.05) is 13.2 Å². The van der Waals surface area contributed by atoms with Gasteiger partial charge in [-0.05, 0) is 38.5 Å². The number of cyclic esters (lactones) is 1. The predicted octanol–water partition coefficient (Wildman–Crippen LogP) is 0.190. The van der Waals surface area contributed by atoms with E-state index in [1.807, 2.05) is 6.07 Å². The van der Waals surface area contributed by atoms with E-state index < -0.39 is 18.0 Å². The van der Waals surface area contributed by atoms with Crippen LogP contribution in [0.1, 0.15) is 38.5 Å². The molecule has 1 aliphatic heterocycles. The van der Waals surface area contributed by atoms with Crippen LogP contribution in [-0.2, 0) is 14.3 Å². The van der Waals surface area contributed by atoms with E-state index in [1.54, 1.807) is 0 Å². The normalized spacial score (nSPS) is 25.2. The minimum Gasteiger partial charge on any atom is -0.450 e. The van der Waals surface area contributed by atoms with Crippen molar-refractivity contribution in [3.63, 3.8) is 0 Å². The van der Waals surface area contributed by atoms with Crippen molar-refractivity contribution in [1.29, 1.82) is 5.26 Å². The standard InChI is InChI=1S/C14H22N4O4/c15-8-12-6-3-5-11(17-10-19)4-1-2-7-22-14(21)16-9-13(20)18-12/h10-12H,1-7,9H2,(H,16,21)(H,17,19)(H,18,20). The molecule has 0 saturated carbocycles. The van der Waals surface area contributed by atoms with Crippen molar-refractivity contribution >= 4 is 18.4 Å². The van der Waals surface area contributed by atoms with Gasteiger partial charge in [-0.1, -0.05) is 0 Å². The average molecular weight is 310 g/mol. The Kier molecular flexibility index (Phi) is 8.42. The van der Waals surface area contributed by atoms with Gasteiger partial charge in [-0.15, -0.1) is 0 Å². The van der Waals surface area contributed by atoms with Crippen molar-refractivity contribution in [3.05, 3.63) is 0 Å². The van der Waals surface area contributed by atoms with Gasteiger partial charge in [-0.25, -0.2) is 4.79 Å². The highest BCUT2D eigenvalue weighted by Gasteiger charge is 2.15. The molecule has 0 bridgehead atoms. The monoisotopic (exact) mass is 310 g/mol. The second-order valence-corrected chi connectivity index (χ2v) is 5.15. The van der Waals surface area contributed by atoms with E-state index in [0.717, 1.165) is 19.3 Å². The number of alkyl carbamates (subject to hydrolysis) is 1. The Bertz CT molecular complexity index is 422. The smallest absolute Gasteiger partial charge is 0.407 e. The molecular formula is C14H22N4O4. The summed E-state index contributed by atoms with van der Waals surface area (Å²) in [6.07, 6.45) is 4.27. The summed E-state index contributed by atoms with van der Waals surface area (Å²) in [6, 6.07) is 1.45. The van der Waals surface area contributed by atoms with E-state index in [1.165, 1.54) is 0 Å². The molecule has 2 unspecified atom stereocenters. The Morgan fingerprint density at radius 2 is 2.00 bits per heavy atom. The molecule has 3 N–H and O–H groups in total. The molecule has 0 aromatic carbocycles. The Hall–Kier alpha value is -2.30. The Labute approximate surface area is 129 Å². The highest BCUT2D eigenvalue weighted by atomic mass is 16.5. The number of hydrogen-bond acceptors (Lipinski definition) is 5. The molecule has 1 heterocycles. The molecule has 1 fully saturated rings. The first kappa shape index (κ1) is 17.8. The fourth-order valence-electron chi connectivity index (χ4n) is 2.25. The van der Waals surface area contributed by atoms with E-state index in [2.05, 4.69) is 16.0 Å². The van der Waals surface area contributed by atoms with Crippen LogP contribution >= 0.6 is 0 Å². The zero-order valence-electron chi connectivity index (χ0n) is 12.5. The van der Waals surface area contributed by atoms with Gasteiger partial charge in [0.25, 0.3) is 0 Å². The van der Waals surface area contributed by atoms with Crippen LogP contribution in [-0.4, -0.2) is 43.6 Å². The highest BCUT2D eigenvalue weighted by molar-refractivity contribution is 5.82. The largest absolute Gasteiger partial charge is 0.450 e. The number of ether oxygens (including phenoxy) is 1. The third kappa shape index (κ3) is 7.47. The number of carbonyl (C=O) groups excluding carboxylic acids is 3. The fourth-order valence-corrected chi connectivity index (χ4v) is 2.25. The molecule has 3 amide bonds. The summed E-state index contributed by atoms with van der Waals surface area (Å²) in [7, 11) is 0. The molecule has 122 valence electrons. The molecule has 0 aromatic rings. The molecule has 8 nitrogen and oxygen atoms in total. The molecule has 8 heteroatoms. The number of carbonyl (C=O) groups is 3. The number of hydrogen-bond donors (Lipinski definition) is 3. The van der Waals surface area contributed by atoms with E-state index in [-0.39, 0.29) is 19.2 Å². The van der Waals surface area contributed by atoms with Crippen molar-refractivity contribution in [1.82, 2.24) is 16.0 Å². The van der Waals surface area contributed by atoms with Crippen LogP contribution in [0.25, 0.3) is 0 Å². The van der Waals surface area contributed by atoms with Crippen LogP contribution < -0.4 is 16.0 Å². The average Bonchev–Trinajstić information content (AvgIpc) is 2.51. The van der Waals surface area contributed by atoms with Gasteiger partial charge in [0.2, 0.25) is 12.3 Å². The van der Waals surface area contributed by atoms with Crippen LogP contribution in [0.15, 0.2) is 0 Å². The van der Waals surface area contributed by atoms with E-state index >= 15 is 0 Å². The van der Waals surface area contributed by atoms with Crippen LogP contribution in [0.2, 0.25) is 0 Å². The molecule has 1 saturated heterocycles. The van der Waals surface area contributed by atoms with E-state index in [4.69, 9.17) is 10.00 Å². The summed E-state index contributed by atoms with van der Waals surface area (Å²) in [5.41, 5.74) is 0. The van der Waals surface area contributed by atoms with Crippen LogP contribution in [0.5, 0.6) is 0 Å². The third-order valence-electron chi connectivity index (χ3n) is 3.41.